The van der Waals surface area contributed by atoms with Crippen LogP contribution in [0.1, 0.15) is 44.7 Å². The standard InChI is InChI=1S/C19H15NO2S2/c21-17-12-6-1-2-7-13(12)18(22)16-14(17)8-5-9-15(16)24-19(23)20-10-3-4-11-20/h1-2,5-9H,3-4,10-11H2. The number of likely N-dealkylation sites (tertiary alicyclic amines) is 1. The van der Waals surface area contributed by atoms with Gasteiger partial charge in [0.15, 0.2) is 11.6 Å². The van der Waals surface area contributed by atoms with Gasteiger partial charge in [0.1, 0.15) is 4.32 Å². The molecule has 3 nitrogen and oxygen atoms in total. The van der Waals surface area contributed by atoms with Crippen molar-refractivity contribution in [2.75, 3.05) is 13.1 Å². The topological polar surface area (TPSA) is 37.4 Å². The summed E-state index contributed by atoms with van der Waals surface area (Å²) < 4.78 is 0.778. The Morgan fingerprint density at radius 3 is 2.21 bits per heavy atom. The van der Waals surface area contributed by atoms with E-state index in [4.69, 9.17) is 12.2 Å². The van der Waals surface area contributed by atoms with Crippen molar-refractivity contribution in [3.63, 3.8) is 0 Å². The predicted octanol–water partition coefficient (Wildman–Crippen LogP) is 3.93. The van der Waals surface area contributed by atoms with E-state index in [1.807, 2.05) is 12.1 Å². The number of hydrogen-bond acceptors (Lipinski definition) is 4. The molecule has 0 radical (unpaired) electrons. The van der Waals surface area contributed by atoms with Crippen molar-refractivity contribution < 1.29 is 9.59 Å². The summed E-state index contributed by atoms with van der Waals surface area (Å²) >= 11 is 6.96. The first-order valence-electron chi connectivity index (χ1n) is 7.95. The summed E-state index contributed by atoms with van der Waals surface area (Å²) in [5.74, 6) is -0.178. The quantitative estimate of drug-likeness (QED) is 0.489. The summed E-state index contributed by atoms with van der Waals surface area (Å²) in [5.41, 5.74) is 1.94. The van der Waals surface area contributed by atoms with Crippen molar-refractivity contribution in [3.05, 3.63) is 64.7 Å². The molecule has 1 aliphatic heterocycles. The number of ketones is 2. The Hall–Kier alpha value is -1.98. The van der Waals surface area contributed by atoms with E-state index in [1.54, 1.807) is 30.3 Å². The minimum atomic E-state index is -0.0903. The fraction of sp³-hybridized carbons (Fsp3) is 0.211. The van der Waals surface area contributed by atoms with Gasteiger partial charge in [-0.3, -0.25) is 9.59 Å². The number of rotatable bonds is 1. The van der Waals surface area contributed by atoms with Gasteiger partial charge >= 0.3 is 0 Å². The molecular formula is C19H15NO2S2. The second-order valence-corrected chi connectivity index (χ2v) is 7.62. The van der Waals surface area contributed by atoms with Crippen LogP contribution in [0.25, 0.3) is 0 Å². The fourth-order valence-electron chi connectivity index (χ4n) is 3.26. The molecule has 5 heteroatoms. The Morgan fingerprint density at radius 2 is 1.50 bits per heavy atom. The zero-order valence-corrected chi connectivity index (χ0v) is 14.6. The van der Waals surface area contributed by atoms with E-state index in [9.17, 15) is 9.59 Å². The van der Waals surface area contributed by atoms with Gasteiger partial charge in [-0.25, -0.2) is 0 Å². The summed E-state index contributed by atoms with van der Waals surface area (Å²) in [5, 5.41) is 0. The number of thiocarbonyl (C=S) groups is 1. The van der Waals surface area contributed by atoms with Crippen LogP contribution in [0.4, 0.5) is 0 Å². The molecule has 0 amide bonds. The average molecular weight is 353 g/mol. The summed E-state index contributed by atoms with van der Waals surface area (Å²) in [4.78, 5) is 28.6. The lowest BCUT2D eigenvalue weighted by molar-refractivity contribution is 0.0977. The molecule has 1 saturated heterocycles. The SMILES string of the molecule is O=C1c2ccccc2C(=O)c2c(SC(=S)N3CCCC3)cccc21. The summed E-state index contributed by atoms with van der Waals surface area (Å²) in [6, 6.07) is 12.5. The molecule has 0 N–H and O–H groups in total. The fourth-order valence-corrected chi connectivity index (χ4v) is 4.66. The van der Waals surface area contributed by atoms with Gasteiger partial charge in [-0.05, 0) is 18.9 Å². The number of benzene rings is 2. The Kier molecular flexibility index (Phi) is 3.98. The number of fused-ring (bicyclic) bond motifs is 2. The van der Waals surface area contributed by atoms with Crippen LogP contribution in [-0.4, -0.2) is 33.9 Å². The van der Waals surface area contributed by atoms with Crippen molar-refractivity contribution in [2.45, 2.75) is 17.7 Å². The van der Waals surface area contributed by atoms with Crippen molar-refractivity contribution in [1.82, 2.24) is 4.90 Å². The maximum absolute atomic E-state index is 13.0. The molecule has 0 spiro atoms. The molecule has 2 aromatic carbocycles. The van der Waals surface area contributed by atoms with Gasteiger partial charge in [-0.15, -0.1) is 0 Å². The maximum atomic E-state index is 13.0. The smallest absolute Gasteiger partial charge is 0.195 e. The maximum Gasteiger partial charge on any atom is 0.195 e. The molecule has 24 heavy (non-hydrogen) atoms. The number of carbonyl (C=O) groups is 2. The minimum absolute atomic E-state index is 0.0882. The highest BCUT2D eigenvalue weighted by molar-refractivity contribution is 8.23. The molecule has 2 aromatic rings. The lowest BCUT2D eigenvalue weighted by Gasteiger charge is -2.22. The molecular weight excluding hydrogens is 338 g/mol. The molecule has 0 unspecified atom stereocenters. The number of nitrogens with zero attached hydrogens (tertiary/aromatic N) is 1. The first kappa shape index (κ1) is 15.5. The second kappa shape index (κ2) is 6.15. The molecule has 0 aromatic heterocycles. The van der Waals surface area contributed by atoms with E-state index in [0.29, 0.717) is 22.3 Å². The number of thioether (sulfide) groups is 1. The second-order valence-electron chi connectivity index (χ2n) is 5.94. The zero-order valence-electron chi connectivity index (χ0n) is 13.0. The van der Waals surface area contributed by atoms with Crippen LogP contribution < -0.4 is 0 Å². The van der Waals surface area contributed by atoms with Crippen LogP contribution in [0.3, 0.4) is 0 Å². The Balaban J connectivity index is 1.75. The lowest BCUT2D eigenvalue weighted by atomic mass is 9.84. The van der Waals surface area contributed by atoms with E-state index in [-0.39, 0.29) is 11.6 Å². The molecule has 1 aliphatic carbocycles. The highest BCUT2D eigenvalue weighted by Crippen LogP contribution is 2.35. The first-order valence-corrected chi connectivity index (χ1v) is 9.17. The highest BCUT2D eigenvalue weighted by Gasteiger charge is 2.32. The molecule has 0 bridgehead atoms. The van der Waals surface area contributed by atoms with Crippen molar-refractivity contribution in [3.8, 4) is 0 Å². The van der Waals surface area contributed by atoms with E-state index < -0.39 is 0 Å². The van der Waals surface area contributed by atoms with Crippen LogP contribution in [0.5, 0.6) is 0 Å². The molecule has 120 valence electrons. The number of carbonyl (C=O) groups excluding carboxylic acids is 2. The summed E-state index contributed by atoms with van der Waals surface area (Å²) in [6.45, 7) is 1.94. The average Bonchev–Trinajstić information content (AvgIpc) is 3.14. The van der Waals surface area contributed by atoms with E-state index in [0.717, 1.165) is 35.1 Å². The monoisotopic (exact) mass is 353 g/mol. The Labute approximate surface area is 150 Å². The van der Waals surface area contributed by atoms with Crippen LogP contribution >= 0.6 is 24.0 Å². The van der Waals surface area contributed by atoms with Crippen LogP contribution in [-0.2, 0) is 0 Å². The first-order chi connectivity index (χ1) is 11.7. The summed E-state index contributed by atoms with van der Waals surface area (Å²) in [7, 11) is 0. The number of hydrogen-bond donors (Lipinski definition) is 0. The third-order valence-corrected chi connectivity index (χ3v) is 5.98. The molecule has 1 heterocycles. The van der Waals surface area contributed by atoms with Gasteiger partial charge in [0.25, 0.3) is 0 Å². The predicted molar refractivity (Wildman–Crippen MR) is 99.0 cm³/mol. The third-order valence-electron chi connectivity index (χ3n) is 4.48. The van der Waals surface area contributed by atoms with Gasteiger partial charge in [0.2, 0.25) is 0 Å². The zero-order chi connectivity index (χ0) is 16.7. The molecule has 4 rings (SSSR count). The van der Waals surface area contributed by atoms with Crippen molar-refractivity contribution in [2.24, 2.45) is 0 Å². The van der Waals surface area contributed by atoms with Crippen molar-refractivity contribution in [1.29, 1.82) is 0 Å². The van der Waals surface area contributed by atoms with Gasteiger partial charge in [-0.1, -0.05) is 60.4 Å². The third kappa shape index (κ3) is 2.48. The molecule has 0 saturated carbocycles. The van der Waals surface area contributed by atoms with E-state index in [2.05, 4.69) is 4.90 Å². The van der Waals surface area contributed by atoms with Crippen LogP contribution in [0, 0.1) is 0 Å². The van der Waals surface area contributed by atoms with Crippen LogP contribution in [0.15, 0.2) is 47.4 Å². The van der Waals surface area contributed by atoms with Gasteiger partial charge in [0.05, 0.1) is 0 Å². The molecule has 2 aliphatic rings. The van der Waals surface area contributed by atoms with Gasteiger partial charge < -0.3 is 4.90 Å². The lowest BCUT2D eigenvalue weighted by Crippen LogP contribution is -2.25. The molecule has 0 atom stereocenters. The highest BCUT2D eigenvalue weighted by atomic mass is 32.2. The van der Waals surface area contributed by atoms with E-state index >= 15 is 0 Å². The van der Waals surface area contributed by atoms with Crippen molar-refractivity contribution >= 4 is 39.9 Å². The van der Waals surface area contributed by atoms with E-state index in [1.165, 1.54) is 11.8 Å². The van der Waals surface area contributed by atoms with Crippen LogP contribution in [0.2, 0.25) is 0 Å². The summed E-state index contributed by atoms with van der Waals surface area (Å²) in [6.07, 6.45) is 2.30. The minimum Gasteiger partial charge on any atom is -0.357 e. The Bertz CT molecular complexity index is 869. The van der Waals surface area contributed by atoms with Gasteiger partial charge in [0, 0.05) is 40.2 Å². The normalized spacial score (nSPS) is 16.1. The largest absolute Gasteiger partial charge is 0.357 e. The Morgan fingerprint density at radius 1 is 0.875 bits per heavy atom. The van der Waals surface area contributed by atoms with Gasteiger partial charge in [-0.2, -0.15) is 0 Å². The molecule has 1 fully saturated rings.